The van der Waals surface area contributed by atoms with Gasteiger partial charge in [0.05, 0.1) is 13.0 Å². The molecule has 0 saturated carbocycles. The lowest BCUT2D eigenvalue weighted by molar-refractivity contribution is -0.149. The molecule has 2 aliphatic rings. The van der Waals surface area contributed by atoms with E-state index in [0.717, 1.165) is 32.4 Å². The van der Waals surface area contributed by atoms with E-state index in [0.29, 0.717) is 19.0 Å². The smallest absolute Gasteiger partial charge is 0.310 e. The SMILES string of the molecule is COC(=O)C1CCCN(C(=O)C[C@@H]2CCCN2C)C1. The van der Waals surface area contributed by atoms with E-state index in [9.17, 15) is 9.59 Å². The molecular formula is C14H24N2O3. The van der Waals surface area contributed by atoms with Crippen molar-refractivity contribution in [2.75, 3.05) is 33.8 Å². The molecule has 2 heterocycles. The van der Waals surface area contributed by atoms with Crippen LogP contribution in [0, 0.1) is 5.92 Å². The van der Waals surface area contributed by atoms with E-state index in [4.69, 9.17) is 4.74 Å². The number of esters is 1. The fourth-order valence-electron chi connectivity index (χ4n) is 3.13. The number of likely N-dealkylation sites (tertiary alicyclic amines) is 2. The lowest BCUT2D eigenvalue weighted by Gasteiger charge is -2.32. The molecular weight excluding hydrogens is 244 g/mol. The number of nitrogens with zero attached hydrogens (tertiary/aromatic N) is 2. The maximum Gasteiger partial charge on any atom is 0.310 e. The molecule has 2 aliphatic heterocycles. The Morgan fingerprint density at radius 1 is 1.21 bits per heavy atom. The third-order valence-corrected chi connectivity index (χ3v) is 4.39. The zero-order chi connectivity index (χ0) is 13.8. The molecule has 0 spiro atoms. The number of piperidine rings is 1. The van der Waals surface area contributed by atoms with Crippen molar-refractivity contribution in [2.45, 2.75) is 38.1 Å². The minimum Gasteiger partial charge on any atom is -0.469 e. The highest BCUT2D eigenvalue weighted by Gasteiger charge is 2.31. The largest absolute Gasteiger partial charge is 0.469 e. The number of hydrogen-bond donors (Lipinski definition) is 0. The second kappa shape index (κ2) is 6.37. The molecule has 0 aromatic carbocycles. The van der Waals surface area contributed by atoms with Crippen LogP contribution in [0.5, 0.6) is 0 Å². The normalized spacial score (nSPS) is 28.4. The van der Waals surface area contributed by atoms with Crippen molar-refractivity contribution in [2.24, 2.45) is 5.92 Å². The maximum absolute atomic E-state index is 12.3. The molecule has 0 radical (unpaired) electrons. The molecule has 1 unspecified atom stereocenters. The van der Waals surface area contributed by atoms with Crippen LogP contribution in [0.25, 0.3) is 0 Å². The lowest BCUT2D eigenvalue weighted by Crippen LogP contribution is -2.44. The Labute approximate surface area is 114 Å². The van der Waals surface area contributed by atoms with Gasteiger partial charge in [0.1, 0.15) is 0 Å². The summed E-state index contributed by atoms with van der Waals surface area (Å²) in [6.07, 6.45) is 4.60. The monoisotopic (exact) mass is 268 g/mol. The van der Waals surface area contributed by atoms with E-state index in [-0.39, 0.29) is 17.8 Å². The second-order valence-corrected chi connectivity index (χ2v) is 5.68. The number of carbonyl (C=O) groups excluding carboxylic acids is 2. The van der Waals surface area contributed by atoms with Crippen molar-refractivity contribution in [3.8, 4) is 0 Å². The summed E-state index contributed by atoms with van der Waals surface area (Å²) in [7, 11) is 3.50. The molecule has 0 bridgehead atoms. The lowest BCUT2D eigenvalue weighted by atomic mass is 9.97. The third-order valence-electron chi connectivity index (χ3n) is 4.39. The van der Waals surface area contributed by atoms with Crippen LogP contribution in [0.1, 0.15) is 32.1 Å². The van der Waals surface area contributed by atoms with E-state index < -0.39 is 0 Å². The Bertz CT molecular complexity index is 346. The number of methoxy groups -OCH3 is 1. The van der Waals surface area contributed by atoms with Gasteiger partial charge in [0.25, 0.3) is 0 Å². The van der Waals surface area contributed by atoms with Gasteiger partial charge in [-0.05, 0) is 39.3 Å². The molecule has 1 amide bonds. The van der Waals surface area contributed by atoms with E-state index in [2.05, 4.69) is 11.9 Å². The Kier molecular flexibility index (Phi) is 4.80. The summed E-state index contributed by atoms with van der Waals surface area (Å²) in [6, 6.07) is 0.381. The maximum atomic E-state index is 12.3. The Morgan fingerprint density at radius 3 is 2.58 bits per heavy atom. The van der Waals surface area contributed by atoms with Crippen LogP contribution < -0.4 is 0 Å². The zero-order valence-electron chi connectivity index (χ0n) is 11.9. The fourth-order valence-corrected chi connectivity index (χ4v) is 3.13. The number of carbonyl (C=O) groups is 2. The van der Waals surface area contributed by atoms with Crippen LogP contribution >= 0.6 is 0 Å². The Hall–Kier alpha value is -1.10. The second-order valence-electron chi connectivity index (χ2n) is 5.68. The summed E-state index contributed by atoms with van der Waals surface area (Å²) >= 11 is 0. The summed E-state index contributed by atoms with van der Waals surface area (Å²) in [6.45, 7) is 2.40. The van der Waals surface area contributed by atoms with Crippen LogP contribution in [-0.4, -0.2) is 61.5 Å². The van der Waals surface area contributed by atoms with Crippen molar-refractivity contribution < 1.29 is 14.3 Å². The molecule has 0 aromatic rings. The van der Waals surface area contributed by atoms with Crippen molar-refractivity contribution in [3.05, 3.63) is 0 Å². The van der Waals surface area contributed by atoms with Crippen LogP contribution in [0.2, 0.25) is 0 Å². The number of ether oxygens (including phenoxy) is 1. The quantitative estimate of drug-likeness (QED) is 0.713. The van der Waals surface area contributed by atoms with E-state index in [1.165, 1.54) is 13.5 Å². The Balaban J connectivity index is 1.86. The molecule has 5 nitrogen and oxygen atoms in total. The van der Waals surface area contributed by atoms with E-state index in [1.54, 1.807) is 0 Å². The van der Waals surface area contributed by atoms with Gasteiger partial charge in [-0.15, -0.1) is 0 Å². The van der Waals surface area contributed by atoms with Gasteiger partial charge in [0.2, 0.25) is 5.91 Å². The molecule has 2 fully saturated rings. The first-order valence-corrected chi connectivity index (χ1v) is 7.17. The van der Waals surface area contributed by atoms with Gasteiger partial charge in [-0.1, -0.05) is 0 Å². The first-order valence-electron chi connectivity index (χ1n) is 7.17. The Morgan fingerprint density at radius 2 is 1.95 bits per heavy atom. The summed E-state index contributed by atoms with van der Waals surface area (Å²) in [5.41, 5.74) is 0. The highest BCUT2D eigenvalue weighted by atomic mass is 16.5. The van der Waals surface area contributed by atoms with Crippen molar-refractivity contribution in [3.63, 3.8) is 0 Å². The molecule has 0 N–H and O–H groups in total. The highest BCUT2D eigenvalue weighted by molar-refractivity contribution is 5.79. The third kappa shape index (κ3) is 3.47. The molecule has 0 aliphatic carbocycles. The van der Waals surface area contributed by atoms with Gasteiger partial charge < -0.3 is 14.5 Å². The van der Waals surface area contributed by atoms with Crippen LogP contribution in [0.15, 0.2) is 0 Å². The summed E-state index contributed by atoms with van der Waals surface area (Å²) in [5.74, 6) is -0.133. The predicted octanol–water partition coefficient (Wildman–Crippen LogP) is 0.882. The van der Waals surface area contributed by atoms with E-state index in [1.807, 2.05) is 4.90 Å². The topological polar surface area (TPSA) is 49.9 Å². The molecule has 108 valence electrons. The first kappa shape index (κ1) is 14.3. The van der Waals surface area contributed by atoms with Gasteiger partial charge >= 0.3 is 5.97 Å². The average Bonchev–Trinajstić information content (AvgIpc) is 2.83. The molecule has 19 heavy (non-hydrogen) atoms. The van der Waals surface area contributed by atoms with Gasteiger partial charge in [-0.3, -0.25) is 9.59 Å². The zero-order valence-corrected chi connectivity index (χ0v) is 11.9. The molecule has 5 heteroatoms. The first-order chi connectivity index (χ1) is 9.11. The number of amides is 1. The standard InChI is InChI=1S/C14H24N2O3/c1-15-7-4-6-12(15)9-13(17)16-8-3-5-11(10-16)14(18)19-2/h11-12H,3-10H2,1-2H3/t11?,12-/m0/s1. The minimum absolute atomic E-state index is 0.135. The van der Waals surface area contributed by atoms with E-state index >= 15 is 0 Å². The van der Waals surface area contributed by atoms with Gasteiger partial charge in [-0.2, -0.15) is 0 Å². The predicted molar refractivity (Wildman–Crippen MR) is 71.6 cm³/mol. The summed E-state index contributed by atoms with van der Waals surface area (Å²) in [5, 5.41) is 0. The van der Waals surface area contributed by atoms with Crippen molar-refractivity contribution in [1.82, 2.24) is 9.80 Å². The molecule has 2 atom stereocenters. The van der Waals surface area contributed by atoms with Crippen molar-refractivity contribution >= 4 is 11.9 Å². The number of hydrogen-bond acceptors (Lipinski definition) is 4. The average molecular weight is 268 g/mol. The van der Waals surface area contributed by atoms with Crippen molar-refractivity contribution in [1.29, 1.82) is 0 Å². The fraction of sp³-hybridized carbons (Fsp3) is 0.857. The summed E-state index contributed by atoms with van der Waals surface area (Å²) in [4.78, 5) is 28.0. The minimum atomic E-state index is -0.185. The van der Waals surface area contributed by atoms with Crippen LogP contribution in [0.4, 0.5) is 0 Å². The van der Waals surface area contributed by atoms with Gasteiger partial charge in [-0.25, -0.2) is 0 Å². The molecule has 2 saturated heterocycles. The van der Waals surface area contributed by atoms with Crippen LogP contribution in [0.3, 0.4) is 0 Å². The van der Waals surface area contributed by atoms with Crippen LogP contribution in [-0.2, 0) is 14.3 Å². The molecule has 0 aromatic heterocycles. The van der Waals surface area contributed by atoms with Gasteiger partial charge in [0.15, 0.2) is 0 Å². The number of rotatable bonds is 3. The summed E-state index contributed by atoms with van der Waals surface area (Å²) < 4.78 is 4.78. The molecule has 2 rings (SSSR count). The highest BCUT2D eigenvalue weighted by Crippen LogP contribution is 2.22. The van der Waals surface area contributed by atoms with Gasteiger partial charge in [0, 0.05) is 25.6 Å².